The van der Waals surface area contributed by atoms with Gasteiger partial charge in [0.2, 0.25) is 0 Å². The van der Waals surface area contributed by atoms with Gasteiger partial charge in [0.05, 0.1) is 18.9 Å². The Labute approximate surface area is 166 Å². The molecule has 0 spiro atoms. The van der Waals surface area contributed by atoms with Gasteiger partial charge in [-0.25, -0.2) is 9.59 Å². The second-order valence-electron chi connectivity index (χ2n) is 9.89. The van der Waals surface area contributed by atoms with Gasteiger partial charge in [0.15, 0.2) is 0 Å². The molecule has 0 aromatic rings. The van der Waals surface area contributed by atoms with Crippen LogP contribution in [0.1, 0.15) is 40.0 Å². The third-order valence-electron chi connectivity index (χ3n) is 6.27. The van der Waals surface area contributed by atoms with Crippen molar-refractivity contribution < 1.29 is 26.9 Å². The van der Waals surface area contributed by atoms with Crippen molar-refractivity contribution in [3.05, 3.63) is 0 Å². The van der Waals surface area contributed by atoms with E-state index in [0.29, 0.717) is 26.2 Å². The van der Waals surface area contributed by atoms with Crippen molar-refractivity contribution in [2.24, 2.45) is 5.41 Å². The number of urea groups is 1. The number of carbonyl (C=O) groups is 2. The van der Waals surface area contributed by atoms with E-state index in [1.54, 1.807) is 4.90 Å². The van der Waals surface area contributed by atoms with Crippen LogP contribution in [0.25, 0.3) is 0 Å². The predicted octanol–water partition coefficient (Wildman–Crippen LogP) is 1.24. The Kier molecular flexibility index (Phi) is 4.22. The first-order valence-electron chi connectivity index (χ1n) is 9.72. The molecule has 2 heterocycles. The number of hydrogen-bond donors (Lipinski definition) is 0. The molecule has 28 heavy (non-hydrogen) atoms. The summed E-state index contributed by atoms with van der Waals surface area (Å²) < 4.78 is 32.9. The van der Waals surface area contributed by atoms with Crippen LogP contribution in [-0.4, -0.2) is 91.5 Å². The molecule has 5 aliphatic rings. The first-order valence-corrected chi connectivity index (χ1v) is 11.5. The normalized spacial score (nSPS) is 34.6. The van der Waals surface area contributed by atoms with Crippen LogP contribution in [0.15, 0.2) is 0 Å². The highest BCUT2D eigenvalue weighted by Crippen LogP contribution is 2.70. The van der Waals surface area contributed by atoms with E-state index in [0.717, 1.165) is 25.5 Å². The van der Waals surface area contributed by atoms with E-state index in [1.807, 2.05) is 30.6 Å². The Morgan fingerprint density at radius 2 is 1.82 bits per heavy atom. The van der Waals surface area contributed by atoms with Gasteiger partial charge in [0.25, 0.3) is 10.1 Å². The van der Waals surface area contributed by atoms with Gasteiger partial charge >= 0.3 is 12.1 Å². The Morgan fingerprint density at radius 1 is 1.18 bits per heavy atom. The van der Waals surface area contributed by atoms with Gasteiger partial charge in [-0.1, -0.05) is 0 Å². The lowest BCUT2D eigenvalue weighted by Gasteiger charge is -2.72. The zero-order chi connectivity index (χ0) is 20.5. The van der Waals surface area contributed by atoms with Crippen LogP contribution in [0.4, 0.5) is 9.59 Å². The molecule has 9 nitrogen and oxygen atoms in total. The van der Waals surface area contributed by atoms with Crippen molar-refractivity contribution in [3.63, 3.8) is 0 Å². The third kappa shape index (κ3) is 3.34. The minimum atomic E-state index is -3.44. The van der Waals surface area contributed by atoms with Crippen LogP contribution < -0.4 is 0 Å². The van der Waals surface area contributed by atoms with Gasteiger partial charge in [-0.15, -0.1) is 0 Å². The van der Waals surface area contributed by atoms with Crippen LogP contribution in [0.5, 0.6) is 0 Å². The fourth-order valence-electron chi connectivity index (χ4n) is 5.21. The quantitative estimate of drug-likeness (QED) is 0.641. The third-order valence-corrected chi connectivity index (χ3v) is 6.81. The second kappa shape index (κ2) is 5.98. The molecule has 3 aliphatic carbocycles. The Morgan fingerprint density at radius 3 is 2.39 bits per heavy atom. The molecule has 0 aromatic heterocycles. The van der Waals surface area contributed by atoms with Gasteiger partial charge in [-0.3, -0.25) is 4.18 Å². The molecular formula is C18H29N3O6S. The van der Waals surface area contributed by atoms with E-state index in [1.165, 1.54) is 0 Å². The lowest BCUT2D eigenvalue weighted by molar-refractivity contribution is -0.213. The van der Waals surface area contributed by atoms with Crippen LogP contribution >= 0.6 is 0 Å². The average molecular weight is 416 g/mol. The number of amides is 3. The van der Waals surface area contributed by atoms with Gasteiger partial charge in [0, 0.05) is 37.1 Å². The number of rotatable bonds is 4. The molecule has 5 rings (SSSR count). The van der Waals surface area contributed by atoms with E-state index in [9.17, 15) is 18.0 Å². The molecule has 1 atom stereocenters. The maximum Gasteiger partial charge on any atom is 0.410 e. The molecule has 2 aliphatic heterocycles. The summed E-state index contributed by atoms with van der Waals surface area (Å²) in [5.74, 6) is 0. The van der Waals surface area contributed by atoms with Gasteiger partial charge < -0.3 is 19.4 Å². The van der Waals surface area contributed by atoms with Gasteiger partial charge in [-0.2, -0.15) is 8.42 Å². The minimum absolute atomic E-state index is 0.0222. The largest absolute Gasteiger partial charge is 0.444 e. The SMILES string of the molecule is CC(C)(C)OC(=O)N1CCN2C(=O)N(C34CC(COS(C)(=O)=O)(C3)C4)C[C@@H]2C1. The molecular weight excluding hydrogens is 386 g/mol. The highest BCUT2D eigenvalue weighted by molar-refractivity contribution is 7.85. The Balaban J connectivity index is 1.34. The topological polar surface area (TPSA) is 96.5 Å². The zero-order valence-corrected chi connectivity index (χ0v) is 17.8. The van der Waals surface area contributed by atoms with E-state index in [4.69, 9.17) is 8.92 Å². The second-order valence-corrected chi connectivity index (χ2v) is 11.5. The van der Waals surface area contributed by atoms with Gasteiger partial charge in [-0.05, 0) is 40.0 Å². The monoisotopic (exact) mass is 415 g/mol. The highest BCUT2D eigenvalue weighted by atomic mass is 32.2. The molecule has 5 fully saturated rings. The van der Waals surface area contributed by atoms with E-state index in [2.05, 4.69) is 0 Å². The smallest absolute Gasteiger partial charge is 0.410 e. The average Bonchev–Trinajstić information content (AvgIpc) is 2.78. The number of carbonyl (C=O) groups excluding carboxylic acids is 2. The fraction of sp³-hybridized carbons (Fsp3) is 0.889. The van der Waals surface area contributed by atoms with E-state index >= 15 is 0 Å². The summed E-state index contributed by atoms with van der Waals surface area (Å²) >= 11 is 0. The summed E-state index contributed by atoms with van der Waals surface area (Å²) in [6.45, 7) is 7.80. The lowest BCUT2D eigenvalue weighted by Crippen LogP contribution is -2.76. The molecule has 2 saturated heterocycles. The maximum atomic E-state index is 12.9. The Bertz CT molecular complexity index is 785. The van der Waals surface area contributed by atoms with Crippen molar-refractivity contribution in [2.75, 3.05) is 39.0 Å². The number of fused-ring (bicyclic) bond motifs is 1. The molecule has 3 amide bonds. The van der Waals surface area contributed by atoms with Crippen LogP contribution in [0, 0.1) is 5.41 Å². The van der Waals surface area contributed by atoms with Crippen molar-refractivity contribution in [2.45, 2.75) is 57.2 Å². The first kappa shape index (κ1) is 19.8. The van der Waals surface area contributed by atoms with E-state index in [-0.39, 0.29) is 35.7 Å². The van der Waals surface area contributed by atoms with Crippen molar-refractivity contribution in [1.29, 1.82) is 0 Å². The molecule has 10 heteroatoms. The molecule has 0 N–H and O–H groups in total. The summed E-state index contributed by atoms with van der Waals surface area (Å²) in [7, 11) is -3.44. The van der Waals surface area contributed by atoms with Crippen LogP contribution in [0.2, 0.25) is 0 Å². The van der Waals surface area contributed by atoms with E-state index < -0.39 is 15.7 Å². The summed E-state index contributed by atoms with van der Waals surface area (Å²) in [4.78, 5) is 30.8. The van der Waals surface area contributed by atoms with Crippen molar-refractivity contribution >= 4 is 22.2 Å². The molecule has 158 valence electrons. The summed E-state index contributed by atoms with van der Waals surface area (Å²) in [5, 5.41) is 0. The summed E-state index contributed by atoms with van der Waals surface area (Å²) in [6.07, 6.45) is 3.10. The summed E-state index contributed by atoms with van der Waals surface area (Å²) in [5.41, 5.74) is -0.805. The fourth-order valence-corrected chi connectivity index (χ4v) is 5.67. The van der Waals surface area contributed by atoms with Gasteiger partial charge in [0.1, 0.15) is 5.60 Å². The number of ether oxygens (including phenoxy) is 1. The minimum Gasteiger partial charge on any atom is -0.444 e. The molecule has 0 aromatic carbocycles. The number of nitrogens with zero attached hydrogens (tertiary/aromatic N) is 3. The number of hydrogen-bond acceptors (Lipinski definition) is 6. The molecule has 0 radical (unpaired) electrons. The predicted molar refractivity (Wildman–Crippen MR) is 100 cm³/mol. The lowest BCUT2D eigenvalue weighted by atomic mass is 9.39. The standard InChI is InChI=1S/C18H29N3O6S/c1-16(2,3)27-15(23)19-5-6-20-13(7-19)8-21(14(20)22)18-9-17(10-18,11-18)12-26-28(4,24)25/h13H,5-12H2,1-4H3/t13-,17?,18?/m0/s1. The molecule has 0 unspecified atom stereocenters. The molecule has 3 saturated carbocycles. The van der Waals surface area contributed by atoms with Crippen LogP contribution in [0.3, 0.4) is 0 Å². The zero-order valence-electron chi connectivity index (χ0n) is 16.9. The Hall–Kier alpha value is -1.55. The molecule has 2 bridgehead atoms. The van der Waals surface area contributed by atoms with Crippen molar-refractivity contribution in [3.8, 4) is 0 Å². The van der Waals surface area contributed by atoms with Crippen LogP contribution in [-0.2, 0) is 19.0 Å². The maximum absolute atomic E-state index is 12.9. The van der Waals surface area contributed by atoms with Crippen molar-refractivity contribution in [1.82, 2.24) is 14.7 Å². The summed E-state index contributed by atoms with van der Waals surface area (Å²) in [6, 6.07) is 0.0113. The first-order chi connectivity index (χ1) is 12.8. The number of piperazine rings is 1. The highest BCUT2D eigenvalue weighted by Gasteiger charge is 2.72.